The van der Waals surface area contributed by atoms with Crippen LogP contribution in [0.4, 0.5) is 4.39 Å². The second kappa shape index (κ2) is 7.40. The Morgan fingerprint density at radius 2 is 1.81 bits per heavy atom. The van der Waals surface area contributed by atoms with E-state index in [1.165, 1.54) is 38.1 Å². The first-order valence-electron chi connectivity index (χ1n) is 8.09. The van der Waals surface area contributed by atoms with Crippen molar-refractivity contribution in [2.45, 2.75) is 26.2 Å². The van der Waals surface area contributed by atoms with Crippen LogP contribution in [0.25, 0.3) is 6.08 Å². The molecule has 0 amide bonds. The monoisotopic (exact) mass is 390 g/mol. The molecule has 0 unspecified atom stereocenters. The minimum atomic E-state index is -1.32. The van der Waals surface area contributed by atoms with E-state index in [9.17, 15) is 14.0 Å². The molecule has 0 saturated carbocycles. The Hall–Kier alpha value is -2.86. The van der Waals surface area contributed by atoms with Crippen molar-refractivity contribution in [1.29, 1.82) is 0 Å². The Bertz CT molecular complexity index is 914. The van der Waals surface area contributed by atoms with Gasteiger partial charge in [-0.25, -0.2) is 14.0 Å². The van der Waals surface area contributed by atoms with Gasteiger partial charge in [0.1, 0.15) is 23.7 Å². The van der Waals surface area contributed by atoms with Crippen LogP contribution in [-0.4, -0.2) is 17.7 Å². The zero-order valence-corrected chi connectivity index (χ0v) is 15.4. The van der Waals surface area contributed by atoms with Crippen LogP contribution < -0.4 is 4.74 Å². The second-order valence-corrected chi connectivity index (χ2v) is 6.77. The Kier molecular flexibility index (Phi) is 5.19. The van der Waals surface area contributed by atoms with E-state index in [2.05, 4.69) is 0 Å². The molecule has 27 heavy (non-hydrogen) atoms. The minimum absolute atomic E-state index is 0.0947. The van der Waals surface area contributed by atoms with E-state index in [1.54, 1.807) is 24.3 Å². The van der Waals surface area contributed by atoms with E-state index in [4.69, 9.17) is 25.8 Å². The lowest BCUT2D eigenvalue weighted by Crippen LogP contribution is -2.41. The molecule has 1 aliphatic heterocycles. The molecule has 0 N–H and O–H groups in total. The maximum absolute atomic E-state index is 13.3. The smallest absolute Gasteiger partial charge is 0.348 e. The highest BCUT2D eigenvalue weighted by molar-refractivity contribution is 6.30. The summed E-state index contributed by atoms with van der Waals surface area (Å²) in [5.74, 6) is -2.93. The number of hydrogen-bond acceptors (Lipinski definition) is 5. The number of ether oxygens (including phenoxy) is 3. The van der Waals surface area contributed by atoms with E-state index < -0.39 is 17.7 Å². The molecular formula is C20H16ClFO5. The van der Waals surface area contributed by atoms with Gasteiger partial charge >= 0.3 is 11.9 Å². The highest BCUT2D eigenvalue weighted by Crippen LogP contribution is 2.29. The van der Waals surface area contributed by atoms with Gasteiger partial charge in [0.05, 0.1) is 0 Å². The minimum Gasteiger partial charge on any atom is -0.488 e. The average Bonchev–Trinajstić information content (AvgIpc) is 2.56. The van der Waals surface area contributed by atoms with Gasteiger partial charge < -0.3 is 14.2 Å². The number of rotatable bonds is 4. The SMILES string of the molecule is CC1(C)OC(=O)C(=Cc2cc(Cl)ccc2OCc2cccc(F)c2)C(=O)O1. The van der Waals surface area contributed by atoms with Gasteiger partial charge in [-0.15, -0.1) is 0 Å². The Morgan fingerprint density at radius 1 is 1.11 bits per heavy atom. The van der Waals surface area contributed by atoms with Crippen molar-refractivity contribution in [2.75, 3.05) is 0 Å². The van der Waals surface area contributed by atoms with Gasteiger partial charge in [0.25, 0.3) is 5.79 Å². The standard InChI is InChI=1S/C20H16ClFO5/c1-20(2)26-18(23)16(19(24)27-20)10-13-9-14(21)6-7-17(13)25-11-12-4-3-5-15(22)8-12/h3-10H,11H2,1-2H3. The number of carbonyl (C=O) groups excluding carboxylic acids is 2. The molecule has 1 aliphatic rings. The third-order valence-corrected chi connectivity index (χ3v) is 3.91. The van der Waals surface area contributed by atoms with Crippen molar-refractivity contribution in [3.05, 3.63) is 70.0 Å². The first-order chi connectivity index (χ1) is 12.7. The first-order valence-corrected chi connectivity index (χ1v) is 8.46. The molecule has 0 bridgehead atoms. The summed E-state index contributed by atoms with van der Waals surface area (Å²) in [6.07, 6.45) is 1.30. The summed E-state index contributed by atoms with van der Waals surface area (Å²) in [6, 6.07) is 10.7. The number of benzene rings is 2. The first kappa shape index (κ1) is 18.9. The number of esters is 2. The molecular weight excluding hydrogens is 375 g/mol. The van der Waals surface area contributed by atoms with Crippen molar-refractivity contribution in [3.63, 3.8) is 0 Å². The van der Waals surface area contributed by atoms with Crippen LogP contribution in [0, 0.1) is 5.82 Å². The normalized spacial score (nSPS) is 15.8. The van der Waals surface area contributed by atoms with Gasteiger partial charge in [-0.2, -0.15) is 0 Å². The molecule has 1 heterocycles. The van der Waals surface area contributed by atoms with Gasteiger partial charge in [0.15, 0.2) is 0 Å². The number of carbonyl (C=O) groups is 2. The summed E-state index contributed by atoms with van der Waals surface area (Å²) in [6.45, 7) is 3.02. The molecule has 2 aromatic carbocycles. The molecule has 1 fully saturated rings. The van der Waals surface area contributed by atoms with Crippen LogP contribution in [-0.2, 0) is 25.7 Å². The molecule has 5 nitrogen and oxygen atoms in total. The lowest BCUT2D eigenvalue weighted by Gasteiger charge is -2.29. The lowest BCUT2D eigenvalue weighted by molar-refractivity contribution is -0.222. The molecule has 3 rings (SSSR count). The van der Waals surface area contributed by atoms with Crippen LogP contribution in [0.5, 0.6) is 5.75 Å². The average molecular weight is 391 g/mol. The molecule has 0 aromatic heterocycles. The van der Waals surface area contributed by atoms with Crippen LogP contribution in [0.2, 0.25) is 5.02 Å². The predicted octanol–water partition coefficient (Wildman–Crippen LogP) is 4.28. The zero-order chi connectivity index (χ0) is 19.6. The zero-order valence-electron chi connectivity index (χ0n) is 14.6. The number of hydrogen-bond donors (Lipinski definition) is 0. The highest BCUT2D eigenvalue weighted by atomic mass is 35.5. The second-order valence-electron chi connectivity index (χ2n) is 6.34. The van der Waals surface area contributed by atoms with E-state index >= 15 is 0 Å². The molecule has 1 saturated heterocycles. The van der Waals surface area contributed by atoms with E-state index in [1.807, 2.05) is 0 Å². The summed E-state index contributed by atoms with van der Waals surface area (Å²) in [5.41, 5.74) is 0.747. The van der Waals surface area contributed by atoms with E-state index in [-0.39, 0.29) is 18.0 Å². The summed E-state index contributed by atoms with van der Waals surface area (Å²) in [4.78, 5) is 24.3. The van der Waals surface area contributed by atoms with Crippen LogP contribution in [0.1, 0.15) is 25.0 Å². The third kappa shape index (κ3) is 4.65. The fraction of sp³-hybridized carbons (Fsp3) is 0.200. The summed E-state index contributed by atoms with van der Waals surface area (Å²) < 4.78 is 29.2. The van der Waals surface area contributed by atoms with E-state index in [0.717, 1.165) is 0 Å². The topological polar surface area (TPSA) is 61.8 Å². The highest BCUT2D eigenvalue weighted by Gasteiger charge is 2.39. The number of halogens is 2. The van der Waals surface area contributed by atoms with Crippen LogP contribution in [0.15, 0.2) is 48.0 Å². The van der Waals surface area contributed by atoms with Crippen molar-refractivity contribution in [2.24, 2.45) is 0 Å². The van der Waals surface area contributed by atoms with Gasteiger partial charge in [-0.05, 0) is 42.0 Å². The predicted molar refractivity (Wildman–Crippen MR) is 96.4 cm³/mol. The lowest BCUT2D eigenvalue weighted by atomic mass is 10.1. The van der Waals surface area contributed by atoms with Crippen molar-refractivity contribution < 1.29 is 28.2 Å². The fourth-order valence-corrected chi connectivity index (χ4v) is 2.67. The Morgan fingerprint density at radius 3 is 2.48 bits per heavy atom. The van der Waals surface area contributed by atoms with Crippen molar-refractivity contribution >= 4 is 29.6 Å². The van der Waals surface area contributed by atoms with Gasteiger partial charge in [0.2, 0.25) is 0 Å². The molecule has 140 valence electrons. The maximum Gasteiger partial charge on any atom is 0.348 e. The molecule has 0 atom stereocenters. The van der Waals surface area contributed by atoms with Gasteiger partial charge in [-0.3, -0.25) is 0 Å². The fourth-order valence-electron chi connectivity index (χ4n) is 2.49. The molecule has 0 aliphatic carbocycles. The maximum atomic E-state index is 13.3. The summed E-state index contributed by atoms with van der Waals surface area (Å²) >= 11 is 6.02. The molecule has 0 radical (unpaired) electrons. The van der Waals surface area contributed by atoms with Gasteiger partial charge in [-0.1, -0.05) is 23.7 Å². The number of cyclic esters (lactones) is 2. The third-order valence-electron chi connectivity index (χ3n) is 3.67. The van der Waals surface area contributed by atoms with Crippen molar-refractivity contribution in [1.82, 2.24) is 0 Å². The van der Waals surface area contributed by atoms with Crippen molar-refractivity contribution in [3.8, 4) is 5.75 Å². The summed E-state index contributed by atoms with van der Waals surface area (Å²) in [7, 11) is 0. The quantitative estimate of drug-likeness (QED) is 0.443. The molecule has 2 aromatic rings. The molecule has 0 spiro atoms. The Labute approximate surface area is 160 Å². The van der Waals surface area contributed by atoms with Gasteiger partial charge in [0, 0.05) is 24.4 Å². The van der Waals surface area contributed by atoms with Crippen LogP contribution >= 0.6 is 11.6 Å². The summed E-state index contributed by atoms with van der Waals surface area (Å²) in [5, 5.41) is 0.387. The van der Waals surface area contributed by atoms with E-state index in [0.29, 0.717) is 21.9 Å². The Balaban J connectivity index is 1.88. The van der Waals surface area contributed by atoms with Crippen LogP contribution in [0.3, 0.4) is 0 Å². The largest absolute Gasteiger partial charge is 0.488 e. The molecule has 7 heteroatoms.